The van der Waals surface area contributed by atoms with E-state index >= 15 is 0 Å². The number of methoxy groups -OCH3 is 2. The molecule has 2 rings (SSSR count). The number of rotatable bonds is 8. The fourth-order valence-electron chi connectivity index (χ4n) is 2.35. The second kappa shape index (κ2) is 8.57. The maximum atomic E-state index is 12.4. The van der Waals surface area contributed by atoms with E-state index < -0.39 is 10.0 Å². The molecule has 0 saturated heterocycles. The predicted molar refractivity (Wildman–Crippen MR) is 100 cm³/mol. The van der Waals surface area contributed by atoms with Crippen molar-refractivity contribution < 1.29 is 22.7 Å². The Morgan fingerprint density at radius 1 is 1.04 bits per heavy atom. The zero-order valence-electron chi connectivity index (χ0n) is 14.9. The smallest absolute Gasteiger partial charge is 0.251 e. The monoisotopic (exact) mass is 378 g/mol. The first kappa shape index (κ1) is 19.6. The molecule has 0 bridgehead atoms. The number of carbonyl (C=O) groups is 1. The molecule has 8 heteroatoms. The summed E-state index contributed by atoms with van der Waals surface area (Å²) in [6.45, 7) is 1.75. The van der Waals surface area contributed by atoms with Gasteiger partial charge in [0.05, 0.1) is 32.1 Å². The van der Waals surface area contributed by atoms with Crippen LogP contribution in [0.3, 0.4) is 0 Å². The van der Waals surface area contributed by atoms with E-state index in [4.69, 9.17) is 9.47 Å². The van der Waals surface area contributed by atoms with Crippen molar-refractivity contribution >= 4 is 21.6 Å². The number of benzene rings is 2. The van der Waals surface area contributed by atoms with Gasteiger partial charge >= 0.3 is 0 Å². The highest BCUT2D eigenvalue weighted by molar-refractivity contribution is 7.92. The van der Waals surface area contributed by atoms with Crippen molar-refractivity contribution in [2.24, 2.45) is 0 Å². The van der Waals surface area contributed by atoms with Crippen LogP contribution in [0.4, 0.5) is 5.69 Å². The Kier molecular flexibility index (Phi) is 6.46. The van der Waals surface area contributed by atoms with Crippen LogP contribution < -0.4 is 19.5 Å². The van der Waals surface area contributed by atoms with Crippen LogP contribution in [0.15, 0.2) is 42.5 Å². The number of nitrogens with one attached hydrogen (secondary N) is 2. The van der Waals surface area contributed by atoms with Gasteiger partial charge in [0.1, 0.15) is 11.5 Å². The molecular formula is C18H22N2O5S. The molecule has 140 valence electrons. The molecular weight excluding hydrogens is 356 g/mol. The Labute approximate surface area is 153 Å². The quantitative estimate of drug-likeness (QED) is 0.736. The van der Waals surface area contributed by atoms with Gasteiger partial charge in [-0.1, -0.05) is 12.1 Å². The summed E-state index contributed by atoms with van der Waals surface area (Å²) in [6.07, 6.45) is 0. The van der Waals surface area contributed by atoms with Gasteiger partial charge in [-0.15, -0.1) is 0 Å². The van der Waals surface area contributed by atoms with Crippen LogP contribution in [0.25, 0.3) is 0 Å². The molecule has 0 aliphatic rings. The Balaban J connectivity index is 2.14. The van der Waals surface area contributed by atoms with Crippen molar-refractivity contribution in [3.05, 3.63) is 53.6 Å². The average Bonchev–Trinajstić information content (AvgIpc) is 2.65. The summed E-state index contributed by atoms with van der Waals surface area (Å²) in [4.78, 5) is 12.4. The molecule has 0 heterocycles. The van der Waals surface area contributed by atoms with E-state index in [9.17, 15) is 13.2 Å². The summed E-state index contributed by atoms with van der Waals surface area (Å²) in [5.74, 6) is 0.829. The highest BCUT2D eigenvalue weighted by Gasteiger charge is 2.13. The van der Waals surface area contributed by atoms with E-state index in [1.807, 2.05) is 0 Å². The Morgan fingerprint density at radius 3 is 2.23 bits per heavy atom. The van der Waals surface area contributed by atoms with Crippen molar-refractivity contribution in [1.82, 2.24) is 5.32 Å². The number of hydrogen-bond donors (Lipinski definition) is 2. The highest BCUT2D eigenvalue weighted by Crippen LogP contribution is 2.28. The van der Waals surface area contributed by atoms with Gasteiger partial charge in [0.15, 0.2) is 0 Å². The van der Waals surface area contributed by atoms with Gasteiger partial charge in [0, 0.05) is 11.3 Å². The average molecular weight is 378 g/mol. The van der Waals surface area contributed by atoms with Gasteiger partial charge < -0.3 is 14.8 Å². The Hall–Kier alpha value is -2.74. The number of carbonyl (C=O) groups excluding carboxylic acids is 1. The fraction of sp³-hybridized carbons (Fsp3) is 0.278. The van der Waals surface area contributed by atoms with Gasteiger partial charge in [-0.05, 0) is 37.3 Å². The van der Waals surface area contributed by atoms with E-state index in [0.717, 1.165) is 0 Å². The number of hydrogen-bond acceptors (Lipinski definition) is 5. The summed E-state index contributed by atoms with van der Waals surface area (Å²) in [5, 5.41) is 2.79. The Morgan fingerprint density at radius 2 is 1.65 bits per heavy atom. The minimum atomic E-state index is -3.40. The molecule has 2 aromatic rings. The van der Waals surface area contributed by atoms with Crippen molar-refractivity contribution in [3.8, 4) is 11.5 Å². The topological polar surface area (TPSA) is 93.7 Å². The predicted octanol–water partition coefficient (Wildman–Crippen LogP) is 2.40. The molecule has 0 atom stereocenters. The first-order valence-corrected chi connectivity index (χ1v) is 9.64. The second-order valence-corrected chi connectivity index (χ2v) is 7.42. The molecule has 0 spiro atoms. The van der Waals surface area contributed by atoms with Crippen LogP contribution in [-0.4, -0.2) is 34.3 Å². The van der Waals surface area contributed by atoms with Crippen LogP contribution in [-0.2, 0) is 16.6 Å². The van der Waals surface area contributed by atoms with E-state index in [1.54, 1.807) is 57.5 Å². The van der Waals surface area contributed by atoms with Gasteiger partial charge in [0.2, 0.25) is 10.0 Å². The number of sulfonamides is 1. The zero-order valence-corrected chi connectivity index (χ0v) is 15.7. The summed E-state index contributed by atoms with van der Waals surface area (Å²) < 4.78 is 36.4. The lowest BCUT2D eigenvalue weighted by molar-refractivity contribution is 0.0950. The third-order valence-electron chi connectivity index (χ3n) is 3.73. The standard InChI is InChI=1S/C18H22N2O5S/c1-4-26(22,23)20-14-8-5-7-13(11-14)18(21)19-12-15-16(24-2)9-6-10-17(15)25-3/h5-11,20H,4,12H2,1-3H3,(H,19,21). The highest BCUT2D eigenvalue weighted by atomic mass is 32.2. The lowest BCUT2D eigenvalue weighted by atomic mass is 10.1. The number of anilines is 1. The van der Waals surface area contributed by atoms with E-state index in [0.29, 0.717) is 28.3 Å². The minimum absolute atomic E-state index is 0.0446. The minimum Gasteiger partial charge on any atom is -0.496 e. The van der Waals surface area contributed by atoms with E-state index in [2.05, 4.69) is 10.0 Å². The molecule has 0 saturated carbocycles. The number of amides is 1. The first-order chi connectivity index (χ1) is 12.4. The Bertz CT molecular complexity index is 859. The zero-order chi connectivity index (χ0) is 19.2. The summed E-state index contributed by atoms with van der Waals surface area (Å²) in [6, 6.07) is 11.7. The molecule has 26 heavy (non-hydrogen) atoms. The van der Waals surface area contributed by atoms with Crippen molar-refractivity contribution in [1.29, 1.82) is 0 Å². The first-order valence-electron chi connectivity index (χ1n) is 7.98. The summed E-state index contributed by atoms with van der Waals surface area (Å²) in [7, 11) is -0.313. The maximum absolute atomic E-state index is 12.4. The van der Waals surface area contributed by atoms with Gasteiger partial charge in [-0.25, -0.2) is 8.42 Å². The SMILES string of the molecule is CCS(=O)(=O)Nc1cccc(C(=O)NCc2c(OC)cccc2OC)c1. The largest absolute Gasteiger partial charge is 0.496 e. The van der Waals surface area contributed by atoms with Crippen molar-refractivity contribution in [2.75, 3.05) is 24.7 Å². The molecule has 0 radical (unpaired) electrons. The molecule has 0 aromatic heterocycles. The molecule has 0 aliphatic heterocycles. The van der Waals surface area contributed by atoms with Crippen LogP contribution >= 0.6 is 0 Å². The fourth-order valence-corrected chi connectivity index (χ4v) is 2.98. The third-order valence-corrected chi connectivity index (χ3v) is 5.04. The molecule has 0 fully saturated rings. The van der Waals surface area contributed by atoms with Gasteiger partial charge in [-0.3, -0.25) is 9.52 Å². The number of ether oxygens (including phenoxy) is 2. The normalized spacial score (nSPS) is 10.9. The van der Waals surface area contributed by atoms with Crippen LogP contribution in [0.5, 0.6) is 11.5 Å². The third kappa shape index (κ3) is 4.89. The van der Waals surface area contributed by atoms with Crippen LogP contribution in [0.2, 0.25) is 0 Å². The van der Waals surface area contributed by atoms with Gasteiger partial charge in [-0.2, -0.15) is 0 Å². The molecule has 0 aliphatic carbocycles. The lowest BCUT2D eigenvalue weighted by Gasteiger charge is -2.14. The summed E-state index contributed by atoms with van der Waals surface area (Å²) >= 11 is 0. The van der Waals surface area contributed by atoms with E-state index in [1.165, 1.54) is 6.07 Å². The van der Waals surface area contributed by atoms with E-state index in [-0.39, 0.29) is 18.2 Å². The molecule has 2 N–H and O–H groups in total. The molecule has 1 amide bonds. The van der Waals surface area contributed by atoms with Crippen molar-refractivity contribution in [2.45, 2.75) is 13.5 Å². The molecule has 2 aromatic carbocycles. The molecule has 0 unspecified atom stereocenters. The lowest BCUT2D eigenvalue weighted by Crippen LogP contribution is -2.23. The van der Waals surface area contributed by atoms with Crippen LogP contribution in [0, 0.1) is 0 Å². The summed E-state index contributed by atoms with van der Waals surface area (Å²) in [5.41, 5.74) is 1.40. The second-order valence-electron chi connectivity index (χ2n) is 5.41. The van der Waals surface area contributed by atoms with Gasteiger partial charge in [0.25, 0.3) is 5.91 Å². The molecule has 7 nitrogen and oxygen atoms in total. The van der Waals surface area contributed by atoms with Crippen LogP contribution in [0.1, 0.15) is 22.8 Å². The van der Waals surface area contributed by atoms with Crippen molar-refractivity contribution in [3.63, 3.8) is 0 Å². The maximum Gasteiger partial charge on any atom is 0.251 e.